The van der Waals surface area contributed by atoms with Crippen molar-refractivity contribution in [2.24, 2.45) is 0 Å². The van der Waals surface area contributed by atoms with Gasteiger partial charge in [0.1, 0.15) is 18.4 Å². The van der Waals surface area contributed by atoms with Crippen LogP contribution in [0.25, 0.3) is 0 Å². The largest absolute Gasteiger partial charge is 0.354 e. The Kier molecular flexibility index (Phi) is 9.03. The number of hydrogen-bond donors (Lipinski definition) is 1. The van der Waals surface area contributed by atoms with Crippen molar-refractivity contribution in [2.75, 3.05) is 23.7 Å². The van der Waals surface area contributed by atoms with Gasteiger partial charge in [0, 0.05) is 13.1 Å². The number of rotatable bonds is 10. The number of sulfonamides is 1. The van der Waals surface area contributed by atoms with Crippen LogP contribution in [0.15, 0.2) is 48.5 Å². The van der Waals surface area contributed by atoms with E-state index in [0.29, 0.717) is 6.54 Å². The van der Waals surface area contributed by atoms with Crippen LogP contribution in [-0.2, 0) is 26.2 Å². The van der Waals surface area contributed by atoms with Crippen molar-refractivity contribution >= 4 is 39.1 Å². The van der Waals surface area contributed by atoms with Gasteiger partial charge in [-0.2, -0.15) is 0 Å². The summed E-state index contributed by atoms with van der Waals surface area (Å²) in [6, 6.07) is 11.6. The maximum atomic E-state index is 13.6. The number of anilines is 1. The van der Waals surface area contributed by atoms with Gasteiger partial charge in [-0.25, -0.2) is 12.8 Å². The maximum Gasteiger partial charge on any atom is 0.244 e. The van der Waals surface area contributed by atoms with Crippen LogP contribution in [0.4, 0.5) is 10.1 Å². The van der Waals surface area contributed by atoms with Crippen molar-refractivity contribution in [3.8, 4) is 0 Å². The lowest BCUT2D eigenvalue weighted by molar-refractivity contribution is -0.139. The van der Waals surface area contributed by atoms with E-state index in [4.69, 9.17) is 11.6 Å². The molecule has 0 heterocycles. The molecule has 2 aromatic rings. The monoisotopic (exact) mass is 483 g/mol. The standard InChI is InChI=1S/C22H27ClFN3O4S/c1-4-12-25-22(29)16(2)26(14-17-8-6-5-7-9-17)21(28)15-27(32(3,30)31)18-10-11-20(24)19(23)13-18/h5-11,13,16H,4,12,14-15H2,1-3H3,(H,25,29)/t16-/m0/s1. The van der Waals surface area contributed by atoms with Crippen molar-refractivity contribution < 1.29 is 22.4 Å². The lowest BCUT2D eigenvalue weighted by Crippen LogP contribution is -2.51. The highest BCUT2D eigenvalue weighted by atomic mass is 35.5. The second-order valence-corrected chi connectivity index (χ2v) is 9.66. The fourth-order valence-electron chi connectivity index (χ4n) is 3.01. The molecule has 0 aliphatic heterocycles. The van der Waals surface area contributed by atoms with Crippen molar-refractivity contribution in [1.29, 1.82) is 0 Å². The molecule has 0 spiro atoms. The highest BCUT2D eigenvalue weighted by Gasteiger charge is 2.30. The summed E-state index contributed by atoms with van der Waals surface area (Å²) in [5, 5.41) is 2.49. The number of carbonyl (C=O) groups is 2. The Morgan fingerprint density at radius 3 is 2.38 bits per heavy atom. The molecule has 2 rings (SSSR count). The predicted molar refractivity (Wildman–Crippen MR) is 123 cm³/mol. The van der Waals surface area contributed by atoms with Crippen LogP contribution in [0.5, 0.6) is 0 Å². The molecule has 1 N–H and O–H groups in total. The Morgan fingerprint density at radius 1 is 1.16 bits per heavy atom. The summed E-state index contributed by atoms with van der Waals surface area (Å²) in [4.78, 5) is 27.2. The third-order valence-corrected chi connectivity index (χ3v) is 6.21. The Bertz CT molecular complexity index is 1050. The Morgan fingerprint density at radius 2 is 1.81 bits per heavy atom. The summed E-state index contributed by atoms with van der Waals surface area (Å²) in [7, 11) is -3.90. The molecule has 2 amide bonds. The molecule has 0 radical (unpaired) electrons. The molecule has 0 unspecified atom stereocenters. The van der Waals surface area contributed by atoms with Gasteiger partial charge in [-0.3, -0.25) is 13.9 Å². The lowest BCUT2D eigenvalue weighted by Gasteiger charge is -2.31. The second kappa shape index (κ2) is 11.3. The quantitative estimate of drug-likeness (QED) is 0.562. The van der Waals surface area contributed by atoms with Crippen molar-refractivity contribution in [2.45, 2.75) is 32.9 Å². The molecule has 10 heteroatoms. The Balaban J connectivity index is 2.36. The first-order valence-electron chi connectivity index (χ1n) is 10.1. The SMILES string of the molecule is CCCNC(=O)[C@H](C)N(Cc1ccccc1)C(=O)CN(c1ccc(F)c(Cl)c1)S(C)(=O)=O. The number of amides is 2. The number of nitrogens with zero attached hydrogens (tertiary/aromatic N) is 2. The van der Waals surface area contributed by atoms with Gasteiger partial charge in [0.25, 0.3) is 0 Å². The van der Waals surface area contributed by atoms with Gasteiger partial charge in [0.05, 0.1) is 17.0 Å². The summed E-state index contributed by atoms with van der Waals surface area (Å²) in [6.07, 6.45) is 1.68. The number of hydrogen-bond acceptors (Lipinski definition) is 4. The van der Waals surface area contributed by atoms with Crippen molar-refractivity contribution in [1.82, 2.24) is 10.2 Å². The van der Waals surface area contributed by atoms with Crippen LogP contribution in [0.2, 0.25) is 5.02 Å². The van der Waals surface area contributed by atoms with Gasteiger partial charge < -0.3 is 10.2 Å². The van der Waals surface area contributed by atoms with Gasteiger partial charge >= 0.3 is 0 Å². The summed E-state index contributed by atoms with van der Waals surface area (Å²) < 4.78 is 39.3. The second-order valence-electron chi connectivity index (χ2n) is 7.34. The summed E-state index contributed by atoms with van der Waals surface area (Å²) in [5.74, 6) is -1.63. The average molecular weight is 484 g/mol. The highest BCUT2D eigenvalue weighted by molar-refractivity contribution is 7.92. The molecule has 32 heavy (non-hydrogen) atoms. The normalized spacial score (nSPS) is 12.2. The molecule has 0 aliphatic rings. The van der Waals surface area contributed by atoms with Crippen molar-refractivity contribution in [3.63, 3.8) is 0 Å². The summed E-state index contributed by atoms with van der Waals surface area (Å²) >= 11 is 5.81. The van der Waals surface area contributed by atoms with Crippen LogP contribution in [-0.4, -0.2) is 50.5 Å². The van der Waals surface area contributed by atoms with E-state index in [1.807, 2.05) is 37.3 Å². The molecule has 0 bridgehead atoms. The Labute approximate surface area is 193 Å². The van der Waals surface area contributed by atoms with E-state index in [-0.39, 0.29) is 23.2 Å². The van der Waals surface area contributed by atoms with Crippen LogP contribution in [0.1, 0.15) is 25.8 Å². The first kappa shape index (κ1) is 25.6. The summed E-state index contributed by atoms with van der Waals surface area (Å²) in [6.45, 7) is 3.50. The van der Waals surface area contributed by atoms with Gasteiger partial charge in [-0.05, 0) is 37.1 Å². The van der Waals surface area contributed by atoms with E-state index in [1.165, 1.54) is 11.0 Å². The van der Waals surface area contributed by atoms with E-state index < -0.39 is 34.3 Å². The fraction of sp³-hybridized carbons (Fsp3) is 0.364. The molecule has 2 aromatic carbocycles. The number of halogens is 2. The zero-order valence-corrected chi connectivity index (χ0v) is 19.8. The first-order chi connectivity index (χ1) is 15.0. The number of carbonyl (C=O) groups excluding carboxylic acids is 2. The lowest BCUT2D eigenvalue weighted by atomic mass is 10.1. The van der Waals surface area contributed by atoms with E-state index in [1.54, 1.807) is 6.92 Å². The predicted octanol–water partition coefficient (Wildman–Crippen LogP) is 3.19. The maximum absolute atomic E-state index is 13.6. The number of benzene rings is 2. The highest BCUT2D eigenvalue weighted by Crippen LogP contribution is 2.25. The minimum absolute atomic E-state index is 0.0509. The van der Waals surface area contributed by atoms with Gasteiger partial charge in [-0.1, -0.05) is 48.9 Å². The molecular weight excluding hydrogens is 457 g/mol. The third kappa shape index (κ3) is 6.93. The molecule has 7 nitrogen and oxygen atoms in total. The molecule has 174 valence electrons. The minimum Gasteiger partial charge on any atom is -0.354 e. The minimum atomic E-state index is -3.90. The van der Waals surface area contributed by atoms with E-state index in [2.05, 4.69) is 5.32 Å². The van der Waals surface area contributed by atoms with Gasteiger partial charge in [0.15, 0.2) is 0 Å². The number of nitrogens with one attached hydrogen (secondary N) is 1. The van der Waals surface area contributed by atoms with Gasteiger partial charge in [-0.15, -0.1) is 0 Å². The summed E-state index contributed by atoms with van der Waals surface area (Å²) in [5.41, 5.74) is 0.835. The first-order valence-corrected chi connectivity index (χ1v) is 12.3. The molecule has 0 saturated heterocycles. The molecule has 0 fully saturated rings. The van der Waals surface area contributed by atoms with Crippen molar-refractivity contribution in [3.05, 3.63) is 64.9 Å². The smallest absolute Gasteiger partial charge is 0.244 e. The van der Waals surface area contributed by atoms with Crippen LogP contribution < -0.4 is 9.62 Å². The van der Waals surface area contributed by atoms with Crippen LogP contribution in [0, 0.1) is 5.82 Å². The molecule has 0 saturated carbocycles. The average Bonchev–Trinajstić information content (AvgIpc) is 2.75. The third-order valence-electron chi connectivity index (χ3n) is 4.78. The van der Waals surface area contributed by atoms with Crippen LogP contribution in [0.3, 0.4) is 0 Å². The Hall–Kier alpha value is -2.65. The van der Waals surface area contributed by atoms with E-state index in [9.17, 15) is 22.4 Å². The van der Waals surface area contributed by atoms with Gasteiger partial charge in [0.2, 0.25) is 21.8 Å². The molecular formula is C22H27ClFN3O4S. The molecule has 0 aromatic heterocycles. The molecule has 0 aliphatic carbocycles. The zero-order chi connectivity index (χ0) is 23.9. The topological polar surface area (TPSA) is 86.8 Å². The van der Waals surface area contributed by atoms with E-state index in [0.717, 1.165) is 34.7 Å². The molecule has 1 atom stereocenters. The van der Waals surface area contributed by atoms with Crippen LogP contribution >= 0.6 is 11.6 Å². The van der Waals surface area contributed by atoms with E-state index >= 15 is 0 Å². The fourth-order valence-corrected chi connectivity index (χ4v) is 4.03. The zero-order valence-electron chi connectivity index (χ0n) is 18.2.